The van der Waals surface area contributed by atoms with Gasteiger partial charge in [-0.05, 0) is 54.3 Å². The number of hydrogen-bond acceptors (Lipinski definition) is 6. The molecule has 34 heavy (non-hydrogen) atoms. The molecule has 1 aliphatic rings. The molecule has 1 aliphatic heterocycles. The lowest BCUT2D eigenvalue weighted by molar-refractivity contribution is 0.0984. The van der Waals surface area contributed by atoms with Crippen molar-refractivity contribution in [3.8, 4) is 0 Å². The largest absolute Gasteiger partial charge is 0.354 e. The maximum atomic E-state index is 13.5. The normalized spacial score (nSPS) is 12.1. The van der Waals surface area contributed by atoms with E-state index in [0.29, 0.717) is 28.5 Å². The molecule has 2 aromatic heterocycles. The van der Waals surface area contributed by atoms with Crippen LogP contribution in [0.3, 0.4) is 0 Å². The third-order valence-electron chi connectivity index (χ3n) is 5.52. The molecule has 0 fully saturated rings. The van der Waals surface area contributed by atoms with Gasteiger partial charge in [0, 0.05) is 18.1 Å². The number of fused-ring (bicyclic) bond motifs is 2. The van der Waals surface area contributed by atoms with E-state index in [0.717, 1.165) is 22.6 Å². The Bertz CT molecular complexity index is 1370. The van der Waals surface area contributed by atoms with Crippen molar-refractivity contribution in [3.63, 3.8) is 0 Å². The minimum absolute atomic E-state index is 0.173. The van der Waals surface area contributed by atoms with Crippen LogP contribution in [0.4, 0.5) is 22.9 Å². The van der Waals surface area contributed by atoms with E-state index >= 15 is 0 Å². The maximum absolute atomic E-state index is 13.5. The Morgan fingerprint density at radius 3 is 2.53 bits per heavy atom. The second-order valence-electron chi connectivity index (χ2n) is 7.64. The summed E-state index contributed by atoms with van der Waals surface area (Å²) in [5, 5.41) is 6.85. The molecule has 5 rings (SSSR count). The molecule has 2 N–H and O–H groups in total. The predicted octanol–water partition coefficient (Wildman–Crippen LogP) is 5.35. The number of carbonyl (C=O) groups is 2. The minimum Gasteiger partial charge on any atom is -0.354 e. The summed E-state index contributed by atoms with van der Waals surface area (Å²) in [7, 11) is 0. The van der Waals surface area contributed by atoms with Crippen molar-refractivity contribution >= 4 is 46.5 Å². The fourth-order valence-electron chi connectivity index (χ4n) is 3.84. The lowest BCUT2D eigenvalue weighted by Crippen LogP contribution is -2.30. The van der Waals surface area contributed by atoms with E-state index in [1.807, 2.05) is 54.8 Å². The summed E-state index contributed by atoms with van der Waals surface area (Å²) < 4.78 is 0. The van der Waals surface area contributed by atoms with Gasteiger partial charge in [0.1, 0.15) is 10.8 Å². The predicted molar refractivity (Wildman–Crippen MR) is 135 cm³/mol. The number of rotatable bonds is 4. The Kier molecular flexibility index (Phi) is 5.97. The SMILES string of the molecule is CSc1ncccc1C(=O)Nc1ccc(C(=O)N2Cc3ccccc3Nc3ccccc32)cn1. The van der Waals surface area contributed by atoms with Gasteiger partial charge in [0.15, 0.2) is 0 Å². The van der Waals surface area contributed by atoms with Gasteiger partial charge < -0.3 is 15.5 Å². The zero-order valence-electron chi connectivity index (χ0n) is 18.4. The van der Waals surface area contributed by atoms with Crippen LogP contribution in [-0.2, 0) is 6.54 Å². The highest BCUT2D eigenvalue weighted by atomic mass is 32.2. The number of nitrogens with one attached hydrogen (secondary N) is 2. The van der Waals surface area contributed by atoms with Gasteiger partial charge in [-0.3, -0.25) is 9.59 Å². The first-order valence-corrected chi connectivity index (χ1v) is 11.9. The number of nitrogens with zero attached hydrogens (tertiary/aromatic N) is 3. The van der Waals surface area contributed by atoms with Gasteiger partial charge in [-0.25, -0.2) is 9.97 Å². The molecule has 0 spiro atoms. The van der Waals surface area contributed by atoms with Gasteiger partial charge in [0.25, 0.3) is 11.8 Å². The number of hydrogen-bond donors (Lipinski definition) is 2. The lowest BCUT2D eigenvalue weighted by Gasteiger charge is -2.22. The Morgan fingerprint density at radius 2 is 1.74 bits per heavy atom. The molecule has 0 saturated carbocycles. The van der Waals surface area contributed by atoms with Gasteiger partial charge in [-0.15, -0.1) is 11.8 Å². The van der Waals surface area contributed by atoms with Crippen LogP contribution in [-0.4, -0.2) is 28.0 Å². The average Bonchev–Trinajstić information content (AvgIpc) is 3.05. The van der Waals surface area contributed by atoms with E-state index in [1.165, 1.54) is 18.0 Å². The molecule has 0 radical (unpaired) electrons. The van der Waals surface area contributed by atoms with Crippen LogP contribution in [0.2, 0.25) is 0 Å². The zero-order chi connectivity index (χ0) is 23.5. The highest BCUT2D eigenvalue weighted by molar-refractivity contribution is 7.98. The van der Waals surface area contributed by atoms with E-state index in [1.54, 1.807) is 35.4 Å². The quantitative estimate of drug-likeness (QED) is 0.393. The molecule has 3 heterocycles. The molecule has 0 aliphatic carbocycles. The summed E-state index contributed by atoms with van der Waals surface area (Å²) in [5.41, 5.74) is 4.55. The van der Waals surface area contributed by atoms with Gasteiger partial charge >= 0.3 is 0 Å². The fourth-order valence-corrected chi connectivity index (χ4v) is 4.38. The second kappa shape index (κ2) is 9.36. The molecule has 0 unspecified atom stereocenters. The van der Waals surface area contributed by atoms with Crippen molar-refractivity contribution in [2.24, 2.45) is 0 Å². The molecule has 7 nitrogen and oxygen atoms in total. The summed E-state index contributed by atoms with van der Waals surface area (Å²) in [6.45, 7) is 0.427. The van der Waals surface area contributed by atoms with Crippen LogP contribution in [0.1, 0.15) is 26.3 Å². The molecule has 168 valence electrons. The first-order valence-electron chi connectivity index (χ1n) is 10.7. The fraction of sp³-hybridized carbons (Fsp3) is 0.0769. The van der Waals surface area contributed by atoms with Crippen LogP contribution in [0.5, 0.6) is 0 Å². The topological polar surface area (TPSA) is 87.2 Å². The van der Waals surface area contributed by atoms with Gasteiger partial charge in [0.2, 0.25) is 0 Å². The maximum Gasteiger partial charge on any atom is 0.260 e. The number of para-hydroxylation sites is 3. The zero-order valence-corrected chi connectivity index (χ0v) is 19.2. The molecule has 4 aromatic rings. The van der Waals surface area contributed by atoms with E-state index in [9.17, 15) is 9.59 Å². The number of anilines is 4. The number of benzene rings is 2. The highest BCUT2D eigenvalue weighted by Crippen LogP contribution is 2.36. The monoisotopic (exact) mass is 467 g/mol. The molecule has 8 heteroatoms. The Hall–Kier alpha value is -4.17. The third kappa shape index (κ3) is 4.23. The van der Waals surface area contributed by atoms with Crippen LogP contribution >= 0.6 is 11.8 Å². The van der Waals surface area contributed by atoms with E-state index in [2.05, 4.69) is 20.6 Å². The number of carbonyl (C=O) groups excluding carboxylic acids is 2. The summed E-state index contributed by atoms with van der Waals surface area (Å²) in [6.07, 6.45) is 5.01. The van der Waals surface area contributed by atoms with Crippen molar-refractivity contribution < 1.29 is 9.59 Å². The molecule has 0 bridgehead atoms. The minimum atomic E-state index is -0.298. The van der Waals surface area contributed by atoms with Crippen molar-refractivity contribution in [2.75, 3.05) is 21.8 Å². The molecule has 0 atom stereocenters. The van der Waals surface area contributed by atoms with Crippen molar-refractivity contribution in [2.45, 2.75) is 11.6 Å². The summed E-state index contributed by atoms with van der Waals surface area (Å²) in [5.74, 6) is -0.109. The van der Waals surface area contributed by atoms with Crippen LogP contribution in [0.25, 0.3) is 0 Å². The lowest BCUT2D eigenvalue weighted by atomic mass is 10.1. The molecular formula is C26H21N5O2S. The standard InChI is InChI=1S/C26H21N5O2S/c1-34-25-19(8-6-14-27-25)24(32)30-23-13-12-17(15-28-23)26(33)31-16-18-7-2-3-9-20(18)29-21-10-4-5-11-22(21)31/h2-15,29H,16H2,1H3,(H,28,30,32). The molecular weight excluding hydrogens is 446 g/mol. The third-order valence-corrected chi connectivity index (χ3v) is 6.23. The van der Waals surface area contributed by atoms with Crippen molar-refractivity contribution in [1.29, 1.82) is 0 Å². The Balaban J connectivity index is 1.39. The highest BCUT2D eigenvalue weighted by Gasteiger charge is 2.25. The molecule has 0 saturated heterocycles. The smallest absolute Gasteiger partial charge is 0.260 e. The van der Waals surface area contributed by atoms with E-state index < -0.39 is 0 Å². The Morgan fingerprint density at radius 1 is 0.941 bits per heavy atom. The van der Waals surface area contributed by atoms with Crippen LogP contribution in [0.15, 0.2) is 90.2 Å². The number of aromatic nitrogens is 2. The van der Waals surface area contributed by atoms with Crippen LogP contribution in [0, 0.1) is 0 Å². The van der Waals surface area contributed by atoms with E-state index in [-0.39, 0.29) is 11.8 Å². The molecule has 2 amide bonds. The number of amides is 2. The summed E-state index contributed by atoms with van der Waals surface area (Å²) in [4.78, 5) is 36.5. The first kappa shape index (κ1) is 21.7. The van der Waals surface area contributed by atoms with E-state index in [4.69, 9.17) is 0 Å². The number of pyridine rings is 2. The van der Waals surface area contributed by atoms with Crippen molar-refractivity contribution in [3.05, 3.63) is 102 Å². The average molecular weight is 468 g/mol. The Labute approximate surface area is 201 Å². The number of thioether (sulfide) groups is 1. The summed E-state index contributed by atoms with van der Waals surface area (Å²) >= 11 is 1.40. The van der Waals surface area contributed by atoms with Crippen LogP contribution < -0.4 is 15.5 Å². The second-order valence-corrected chi connectivity index (χ2v) is 8.43. The summed E-state index contributed by atoms with van der Waals surface area (Å²) in [6, 6.07) is 22.4. The first-order chi connectivity index (χ1) is 16.6. The van der Waals surface area contributed by atoms with Gasteiger partial charge in [-0.1, -0.05) is 30.3 Å². The van der Waals surface area contributed by atoms with Gasteiger partial charge in [0.05, 0.1) is 29.0 Å². The molecule has 2 aromatic carbocycles. The van der Waals surface area contributed by atoms with Crippen molar-refractivity contribution in [1.82, 2.24) is 9.97 Å². The van der Waals surface area contributed by atoms with Gasteiger partial charge in [-0.2, -0.15) is 0 Å².